The lowest BCUT2D eigenvalue weighted by Crippen LogP contribution is -2.53. The summed E-state index contributed by atoms with van der Waals surface area (Å²) in [6.45, 7) is 3.20. The fourth-order valence-electron chi connectivity index (χ4n) is 5.69. The van der Waals surface area contributed by atoms with E-state index < -0.39 is 53.5 Å². The fraction of sp³-hybridized carbons (Fsp3) is 0.407. The Morgan fingerprint density at radius 1 is 1.29 bits per heavy atom. The number of carbonyl (C=O) groups is 2. The summed E-state index contributed by atoms with van der Waals surface area (Å²) < 4.78 is 35.8. The van der Waals surface area contributed by atoms with Crippen LogP contribution in [0.5, 0.6) is 0 Å². The van der Waals surface area contributed by atoms with Crippen molar-refractivity contribution in [2.24, 2.45) is 28.9 Å². The van der Waals surface area contributed by atoms with E-state index >= 15 is 8.78 Å². The van der Waals surface area contributed by atoms with Gasteiger partial charge in [0.15, 0.2) is 0 Å². The van der Waals surface area contributed by atoms with Gasteiger partial charge in [0.1, 0.15) is 6.10 Å². The maximum absolute atomic E-state index is 15.2. The van der Waals surface area contributed by atoms with Crippen molar-refractivity contribution in [2.75, 3.05) is 0 Å². The normalized spacial score (nSPS) is 29.4. The first kappa shape index (κ1) is 24.5. The fourth-order valence-corrected chi connectivity index (χ4v) is 5.69. The molecule has 35 heavy (non-hydrogen) atoms. The maximum Gasteiger partial charge on any atom is 0.313 e. The zero-order valence-corrected chi connectivity index (χ0v) is 19.6. The second-order valence-corrected chi connectivity index (χ2v) is 9.55. The Hall–Kier alpha value is -3.60. The number of esters is 1. The molecule has 1 aliphatic heterocycles. The summed E-state index contributed by atoms with van der Waals surface area (Å²) in [6.07, 6.45) is 3.55. The van der Waals surface area contributed by atoms with Crippen LogP contribution in [0.3, 0.4) is 0 Å². The number of pyridine rings is 1. The van der Waals surface area contributed by atoms with E-state index in [4.69, 9.17) is 10.5 Å². The number of ether oxygens (including phenoxy) is 1. The van der Waals surface area contributed by atoms with Crippen LogP contribution in [-0.4, -0.2) is 28.9 Å². The molecular formula is C27H27F2N3O3. The van der Waals surface area contributed by atoms with Crippen molar-refractivity contribution >= 4 is 18.0 Å². The van der Waals surface area contributed by atoms with Gasteiger partial charge in [-0.2, -0.15) is 5.26 Å². The molecule has 5 atom stereocenters. The molecule has 2 heterocycles. The van der Waals surface area contributed by atoms with E-state index in [2.05, 4.69) is 11.1 Å². The van der Waals surface area contributed by atoms with Gasteiger partial charge in [-0.05, 0) is 37.5 Å². The molecule has 182 valence electrons. The summed E-state index contributed by atoms with van der Waals surface area (Å²) in [5, 5.41) is 9.33. The van der Waals surface area contributed by atoms with Gasteiger partial charge in [0, 0.05) is 42.0 Å². The summed E-state index contributed by atoms with van der Waals surface area (Å²) in [4.78, 5) is 28.7. The highest BCUT2D eigenvalue weighted by atomic mass is 19.3. The Labute approximate surface area is 202 Å². The van der Waals surface area contributed by atoms with Crippen molar-refractivity contribution in [3.05, 3.63) is 59.9 Å². The van der Waals surface area contributed by atoms with Crippen molar-refractivity contribution in [1.82, 2.24) is 4.98 Å². The third kappa shape index (κ3) is 4.43. The van der Waals surface area contributed by atoms with Crippen LogP contribution in [-0.2, 0) is 14.3 Å². The number of aromatic nitrogens is 1. The lowest BCUT2D eigenvalue weighted by atomic mass is 9.55. The molecule has 1 aromatic heterocycles. The second-order valence-electron chi connectivity index (χ2n) is 9.55. The quantitative estimate of drug-likeness (QED) is 0.603. The monoisotopic (exact) mass is 479 g/mol. The van der Waals surface area contributed by atoms with Crippen molar-refractivity contribution in [3.63, 3.8) is 0 Å². The summed E-state index contributed by atoms with van der Waals surface area (Å²) in [5.74, 6) is -6.66. The Morgan fingerprint density at radius 3 is 2.69 bits per heavy atom. The minimum absolute atomic E-state index is 0.0614. The molecule has 1 saturated carbocycles. The van der Waals surface area contributed by atoms with E-state index in [0.717, 1.165) is 11.1 Å². The Bertz CT molecular complexity index is 1200. The van der Waals surface area contributed by atoms with E-state index in [0.29, 0.717) is 11.3 Å². The van der Waals surface area contributed by atoms with Gasteiger partial charge >= 0.3 is 5.97 Å². The maximum atomic E-state index is 15.2. The highest BCUT2D eigenvalue weighted by molar-refractivity contribution is 5.82. The van der Waals surface area contributed by atoms with Gasteiger partial charge in [0.25, 0.3) is 5.92 Å². The van der Waals surface area contributed by atoms with E-state index in [1.807, 2.05) is 18.2 Å². The molecule has 1 amide bonds. The summed E-state index contributed by atoms with van der Waals surface area (Å²) >= 11 is 0. The van der Waals surface area contributed by atoms with E-state index in [1.165, 1.54) is 6.92 Å². The van der Waals surface area contributed by atoms with E-state index in [1.54, 1.807) is 43.5 Å². The average Bonchev–Trinajstić information content (AvgIpc) is 3.07. The van der Waals surface area contributed by atoms with E-state index in [9.17, 15) is 14.9 Å². The number of benzene rings is 1. The molecule has 6 nitrogen and oxygen atoms in total. The number of alkyl halides is 2. The minimum Gasteiger partial charge on any atom is -0.462 e. The highest BCUT2D eigenvalue weighted by Gasteiger charge is 2.67. The van der Waals surface area contributed by atoms with Crippen LogP contribution >= 0.6 is 0 Å². The molecule has 4 rings (SSSR count). The first-order valence-corrected chi connectivity index (χ1v) is 11.6. The number of primary amides is 1. The van der Waals surface area contributed by atoms with Gasteiger partial charge in [-0.25, -0.2) is 8.78 Å². The molecule has 1 aliphatic carbocycles. The number of hydrogen-bond donors (Lipinski definition) is 1. The largest absolute Gasteiger partial charge is 0.462 e. The van der Waals surface area contributed by atoms with Crippen molar-refractivity contribution in [3.8, 4) is 17.2 Å². The first-order valence-electron chi connectivity index (χ1n) is 11.6. The summed E-state index contributed by atoms with van der Waals surface area (Å²) in [7, 11) is 0. The second kappa shape index (κ2) is 9.21. The van der Waals surface area contributed by atoms with Gasteiger partial charge < -0.3 is 10.5 Å². The molecule has 5 unspecified atom stereocenters. The predicted octanol–water partition coefficient (Wildman–Crippen LogP) is 4.74. The van der Waals surface area contributed by atoms with Crippen molar-refractivity contribution in [2.45, 2.75) is 45.1 Å². The lowest BCUT2D eigenvalue weighted by molar-refractivity contribution is -0.172. The number of allylic oxidation sites excluding steroid dienone is 1. The van der Waals surface area contributed by atoms with Crippen LogP contribution in [0.4, 0.5) is 8.78 Å². The average molecular weight is 480 g/mol. The van der Waals surface area contributed by atoms with Crippen LogP contribution in [0, 0.1) is 34.5 Å². The third-order valence-electron chi connectivity index (χ3n) is 7.50. The van der Waals surface area contributed by atoms with Crippen LogP contribution < -0.4 is 5.73 Å². The number of nitriles is 1. The van der Waals surface area contributed by atoms with Crippen molar-refractivity contribution in [1.29, 1.82) is 5.26 Å². The molecule has 2 aliphatic rings. The zero-order chi connectivity index (χ0) is 25.4. The molecule has 0 bridgehead atoms. The number of hydrogen-bond acceptors (Lipinski definition) is 5. The topological polar surface area (TPSA) is 106 Å². The van der Waals surface area contributed by atoms with E-state index in [-0.39, 0.29) is 12.8 Å². The highest BCUT2D eigenvalue weighted by Crippen LogP contribution is 2.61. The molecule has 0 spiro atoms. The molecule has 2 N–H and O–H groups in total. The number of nitrogens with two attached hydrogens (primary N) is 1. The molecule has 2 aromatic rings. The molecule has 1 aromatic carbocycles. The third-order valence-corrected chi connectivity index (χ3v) is 7.50. The standard InChI is InChI=1S/C27H27F2N3O3/c1-16-21(10-9-20-8-7-19(14-32-20)22-6-4-3-5-18(22)13-30)24-17(2)35-25(34)26(24,12-11-23(31)33)15-27(16,28)29/h3-10,14,16-17,21,24H,11-12,15H2,1-2H3,(H2,31,33). The number of cyclic esters (lactones) is 1. The first-order chi connectivity index (χ1) is 16.6. The molecule has 2 fully saturated rings. The number of halogens is 2. The smallest absolute Gasteiger partial charge is 0.313 e. The van der Waals surface area contributed by atoms with Gasteiger partial charge in [-0.3, -0.25) is 14.6 Å². The van der Waals surface area contributed by atoms with Crippen molar-refractivity contribution < 1.29 is 23.1 Å². The van der Waals surface area contributed by atoms with Crippen LogP contribution in [0.2, 0.25) is 0 Å². The number of nitrogens with zero attached hydrogens (tertiary/aromatic N) is 2. The summed E-state index contributed by atoms with van der Waals surface area (Å²) in [5.41, 5.74) is 6.44. The molecule has 0 radical (unpaired) electrons. The predicted molar refractivity (Wildman–Crippen MR) is 126 cm³/mol. The zero-order valence-electron chi connectivity index (χ0n) is 19.6. The number of rotatable bonds is 6. The number of fused-ring (bicyclic) bond motifs is 1. The SMILES string of the molecule is CC1OC(=O)C2(CCC(N)=O)CC(F)(F)C(C)C(C=Cc3ccc(-c4ccccc4C#N)cn3)C12. The number of amides is 1. The van der Waals surface area contributed by atoms with Gasteiger partial charge in [0.2, 0.25) is 5.91 Å². The van der Waals surface area contributed by atoms with Gasteiger partial charge in [0.05, 0.1) is 22.7 Å². The molecular weight excluding hydrogens is 452 g/mol. The minimum atomic E-state index is -3.12. The Kier molecular flexibility index (Phi) is 6.46. The summed E-state index contributed by atoms with van der Waals surface area (Å²) in [6, 6.07) is 12.9. The van der Waals surface area contributed by atoms with Gasteiger partial charge in [-0.15, -0.1) is 0 Å². The lowest BCUT2D eigenvalue weighted by Gasteiger charge is -2.47. The number of carbonyl (C=O) groups excluding carboxylic acids is 2. The molecule has 8 heteroatoms. The Morgan fingerprint density at radius 2 is 2.03 bits per heavy atom. The van der Waals surface area contributed by atoms with Crippen LogP contribution in [0.25, 0.3) is 17.2 Å². The molecule has 1 saturated heterocycles. The van der Waals surface area contributed by atoms with Crippen LogP contribution in [0.15, 0.2) is 48.7 Å². The Balaban J connectivity index is 1.65. The van der Waals surface area contributed by atoms with Crippen LogP contribution in [0.1, 0.15) is 44.4 Å². The van der Waals surface area contributed by atoms with Gasteiger partial charge in [-0.1, -0.05) is 37.3 Å².